The molecule has 12 heavy (non-hydrogen) atoms. The molecule has 0 aliphatic carbocycles. The summed E-state index contributed by atoms with van der Waals surface area (Å²) in [7, 11) is 0. The Kier molecular flexibility index (Phi) is 7.00. The summed E-state index contributed by atoms with van der Waals surface area (Å²) < 4.78 is 0. The van der Waals surface area contributed by atoms with E-state index in [2.05, 4.69) is 12.2 Å². The van der Waals surface area contributed by atoms with Crippen molar-refractivity contribution in [1.29, 1.82) is 0 Å². The summed E-state index contributed by atoms with van der Waals surface area (Å²) in [6, 6.07) is 0.102. The van der Waals surface area contributed by atoms with Crippen LogP contribution in [-0.4, -0.2) is 22.6 Å². The van der Waals surface area contributed by atoms with E-state index >= 15 is 0 Å². The summed E-state index contributed by atoms with van der Waals surface area (Å²) >= 11 is 5.05. The first-order valence-corrected chi connectivity index (χ1v) is 4.67. The van der Waals surface area contributed by atoms with E-state index in [1.54, 1.807) is 6.20 Å². The van der Waals surface area contributed by atoms with Crippen LogP contribution in [0.3, 0.4) is 0 Å². The molecule has 3 heteroatoms. The molecule has 0 saturated heterocycles. The highest BCUT2D eigenvalue weighted by atomic mass is 32.1. The van der Waals surface area contributed by atoms with E-state index < -0.39 is 0 Å². The second-order valence-electron chi connectivity index (χ2n) is 2.80. The largest absolute Gasteiger partial charge is 0.394 e. The minimum atomic E-state index is 0.102. The quantitative estimate of drug-likeness (QED) is 0.490. The molecule has 2 N–H and O–H groups in total. The van der Waals surface area contributed by atoms with Gasteiger partial charge >= 0.3 is 0 Å². The highest BCUT2D eigenvalue weighted by molar-refractivity contribution is 7.80. The number of thiocarbonyl (C=S) groups is 1. The third-order valence-electron chi connectivity index (χ3n) is 1.42. The predicted octanol–water partition coefficient (Wildman–Crippen LogP) is 1.64. The van der Waals surface area contributed by atoms with Crippen molar-refractivity contribution in [3.8, 4) is 0 Å². The Balaban J connectivity index is 3.54. The van der Waals surface area contributed by atoms with Gasteiger partial charge < -0.3 is 10.4 Å². The Morgan fingerprint density at radius 1 is 1.67 bits per heavy atom. The molecule has 0 rings (SSSR count). The van der Waals surface area contributed by atoms with Crippen LogP contribution in [0.2, 0.25) is 0 Å². The smallest absolute Gasteiger partial charge is 0.0629 e. The second-order valence-corrected chi connectivity index (χ2v) is 3.32. The molecule has 0 amide bonds. The monoisotopic (exact) mass is 187 g/mol. The highest BCUT2D eigenvalue weighted by Gasteiger charge is 1.92. The summed E-state index contributed by atoms with van der Waals surface area (Å²) in [5.74, 6) is 0. The van der Waals surface area contributed by atoms with Crippen molar-refractivity contribution in [2.24, 2.45) is 0 Å². The molecule has 1 atom stereocenters. The van der Waals surface area contributed by atoms with Gasteiger partial charge in [0.25, 0.3) is 0 Å². The van der Waals surface area contributed by atoms with Crippen molar-refractivity contribution in [2.75, 3.05) is 6.61 Å². The van der Waals surface area contributed by atoms with E-state index in [-0.39, 0.29) is 12.6 Å². The van der Waals surface area contributed by atoms with Crippen molar-refractivity contribution >= 4 is 17.1 Å². The molecule has 0 aromatic rings. The minimum absolute atomic E-state index is 0.102. The topological polar surface area (TPSA) is 32.3 Å². The summed E-state index contributed by atoms with van der Waals surface area (Å²) in [4.78, 5) is 0.954. The lowest BCUT2D eigenvalue weighted by atomic mass is 10.2. The Labute approximate surface area is 79.7 Å². The van der Waals surface area contributed by atoms with Crippen LogP contribution in [0, 0.1) is 0 Å². The van der Waals surface area contributed by atoms with Gasteiger partial charge in [0.15, 0.2) is 0 Å². The third kappa shape index (κ3) is 6.31. The number of rotatable bonds is 6. The minimum Gasteiger partial charge on any atom is -0.394 e. The lowest BCUT2D eigenvalue weighted by Crippen LogP contribution is -2.24. The first kappa shape index (κ1) is 11.6. The number of hydrogen-bond acceptors (Lipinski definition) is 3. The summed E-state index contributed by atoms with van der Waals surface area (Å²) in [5.41, 5.74) is 0. The van der Waals surface area contributed by atoms with Crippen LogP contribution < -0.4 is 5.32 Å². The summed E-state index contributed by atoms with van der Waals surface area (Å²) in [5, 5.41) is 11.7. The Morgan fingerprint density at radius 3 is 2.83 bits per heavy atom. The van der Waals surface area contributed by atoms with Gasteiger partial charge in [-0.15, -0.1) is 0 Å². The zero-order valence-electron chi connectivity index (χ0n) is 7.71. The standard InChI is InChI=1S/C9H17NOS/c1-3-4-9(12)5-6-10-8(2)7-11/h5-6,8,10-11H,3-4,7H2,1-2H3/b6-5-/t8-/m1/s1. The molecule has 0 spiro atoms. The maximum Gasteiger partial charge on any atom is 0.0629 e. The molecular weight excluding hydrogens is 170 g/mol. The van der Waals surface area contributed by atoms with Crippen molar-refractivity contribution in [2.45, 2.75) is 32.7 Å². The van der Waals surface area contributed by atoms with Crippen molar-refractivity contribution in [1.82, 2.24) is 5.32 Å². The van der Waals surface area contributed by atoms with E-state index in [0.29, 0.717) is 0 Å². The first-order chi connectivity index (χ1) is 5.70. The molecule has 0 unspecified atom stereocenters. The molecule has 0 aromatic heterocycles. The van der Waals surface area contributed by atoms with Crippen LogP contribution >= 0.6 is 12.2 Å². The normalized spacial score (nSPS) is 13.2. The van der Waals surface area contributed by atoms with E-state index in [9.17, 15) is 0 Å². The molecule has 2 nitrogen and oxygen atoms in total. The molecule has 0 aliphatic rings. The highest BCUT2D eigenvalue weighted by Crippen LogP contribution is 1.93. The molecule has 0 aromatic carbocycles. The fraction of sp³-hybridized carbons (Fsp3) is 0.667. The predicted molar refractivity (Wildman–Crippen MR) is 56.3 cm³/mol. The second kappa shape index (κ2) is 7.25. The van der Waals surface area contributed by atoms with Gasteiger partial charge in [0.2, 0.25) is 0 Å². The average molecular weight is 187 g/mol. The lowest BCUT2D eigenvalue weighted by Gasteiger charge is -2.06. The fourth-order valence-electron chi connectivity index (χ4n) is 0.688. The number of aliphatic hydroxyl groups excluding tert-OH is 1. The molecule has 70 valence electrons. The van der Waals surface area contributed by atoms with E-state index in [1.165, 1.54) is 0 Å². The van der Waals surface area contributed by atoms with Crippen molar-refractivity contribution in [3.05, 3.63) is 12.3 Å². The van der Waals surface area contributed by atoms with Crippen molar-refractivity contribution in [3.63, 3.8) is 0 Å². The average Bonchev–Trinajstić information content (AvgIpc) is 2.04. The molecule has 0 aliphatic heterocycles. The lowest BCUT2D eigenvalue weighted by molar-refractivity contribution is 0.261. The van der Waals surface area contributed by atoms with Gasteiger partial charge in [0.1, 0.15) is 0 Å². The maximum atomic E-state index is 8.67. The van der Waals surface area contributed by atoms with Crippen LogP contribution in [-0.2, 0) is 0 Å². The zero-order valence-corrected chi connectivity index (χ0v) is 8.53. The van der Waals surface area contributed by atoms with Crippen LogP contribution in [0.25, 0.3) is 0 Å². The number of nitrogens with one attached hydrogen (secondary N) is 1. The third-order valence-corrected chi connectivity index (χ3v) is 1.76. The molecule has 0 heterocycles. The summed E-state index contributed by atoms with van der Waals surface area (Å²) in [6.45, 7) is 4.15. The van der Waals surface area contributed by atoms with Gasteiger partial charge in [-0.1, -0.05) is 25.6 Å². The fourth-order valence-corrected chi connectivity index (χ4v) is 0.960. The first-order valence-electron chi connectivity index (χ1n) is 4.27. The number of allylic oxidation sites excluding steroid dienone is 1. The maximum absolute atomic E-state index is 8.67. The molecule has 0 fully saturated rings. The van der Waals surface area contributed by atoms with Crippen LogP contribution in [0.4, 0.5) is 0 Å². The molecular formula is C9H17NOS. The Morgan fingerprint density at radius 2 is 2.33 bits per heavy atom. The Bertz CT molecular complexity index is 157. The van der Waals surface area contributed by atoms with E-state index in [4.69, 9.17) is 17.3 Å². The molecule has 0 bridgehead atoms. The molecule has 0 radical (unpaired) electrons. The number of aliphatic hydroxyl groups is 1. The van der Waals surface area contributed by atoms with Gasteiger partial charge in [0, 0.05) is 10.9 Å². The number of hydrogen-bond donors (Lipinski definition) is 2. The van der Waals surface area contributed by atoms with E-state index in [1.807, 2.05) is 13.0 Å². The SMILES string of the molecule is CCCC(=S)/C=C\N[C@H](C)CO. The Hall–Kier alpha value is -0.410. The molecule has 0 saturated carbocycles. The zero-order chi connectivity index (χ0) is 9.40. The van der Waals surface area contributed by atoms with Gasteiger partial charge in [-0.25, -0.2) is 0 Å². The van der Waals surface area contributed by atoms with Gasteiger partial charge in [0.05, 0.1) is 6.61 Å². The van der Waals surface area contributed by atoms with Gasteiger partial charge in [-0.2, -0.15) is 0 Å². The van der Waals surface area contributed by atoms with Gasteiger partial charge in [-0.3, -0.25) is 0 Å². The van der Waals surface area contributed by atoms with E-state index in [0.717, 1.165) is 17.7 Å². The summed E-state index contributed by atoms with van der Waals surface area (Å²) in [6.07, 6.45) is 5.73. The van der Waals surface area contributed by atoms with Crippen molar-refractivity contribution < 1.29 is 5.11 Å². The van der Waals surface area contributed by atoms with Gasteiger partial charge in [-0.05, 0) is 25.6 Å². The van der Waals surface area contributed by atoms with Crippen LogP contribution in [0.5, 0.6) is 0 Å². The van der Waals surface area contributed by atoms with Crippen LogP contribution in [0.1, 0.15) is 26.7 Å². The van der Waals surface area contributed by atoms with Crippen LogP contribution in [0.15, 0.2) is 12.3 Å².